The van der Waals surface area contributed by atoms with E-state index in [0.717, 1.165) is 0 Å². The van der Waals surface area contributed by atoms with Gasteiger partial charge in [0.25, 0.3) is 5.56 Å². The minimum atomic E-state index is -3.52. The van der Waals surface area contributed by atoms with Crippen molar-refractivity contribution in [2.75, 3.05) is 19.0 Å². The predicted molar refractivity (Wildman–Crippen MR) is 101 cm³/mol. The van der Waals surface area contributed by atoms with Gasteiger partial charge in [-0.05, 0) is 38.0 Å². The molecular weight excluding hydrogens is 407 g/mol. The normalized spacial score (nSPS) is 19.0. The number of rotatable bonds is 3. The van der Waals surface area contributed by atoms with Crippen molar-refractivity contribution in [3.63, 3.8) is 0 Å². The zero-order valence-corrected chi connectivity index (χ0v) is 19.8. The van der Waals surface area contributed by atoms with Gasteiger partial charge in [0.1, 0.15) is 5.56 Å². The summed E-state index contributed by atoms with van der Waals surface area (Å²) in [6, 6.07) is 1.55. The molecule has 10 heteroatoms. The Morgan fingerprint density at radius 2 is 1.93 bits per heavy atom. The second kappa shape index (κ2) is 7.79. The van der Waals surface area contributed by atoms with E-state index in [1.54, 1.807) is 26.8 Å². The van der Waals surface area contributed by atoms with Crippen molar-refractivity contribution in [1.82, 2.24) is 9.78 Å². The Bertz CT molecular complexity index is 1150. The first-order chi connectivity index (χ1) is 13.2. The first kappa shape index (κ1) is 22.5. The van der Waals surface area contributed by atoms with Crippen molar-refractivity contribution >= 4 is 15.6 Å². The van der Waals surface area contributed by atoms with Crippen LogP contribution in [0.4, 0.5) is 0 Å². The molecule has 2 aliphatic heterocycles. The second-order valence-electron chi connectivity index (χ2n) is 7.15. The van der Waals surface area contributed by atoms with Gasteiger partial charge in [-0.1, -0.05) is 0 Å². The fourth-order valence-corrected chi connectivity index (χ4v) is 6.09. The van der Waals surface area contributed by atoms with Gasteiger partial charge in [-0.15, -0.1) is 0 Å². The van der Waals surface area contributed by atoms with Crippen LogP contribution in [0.1, 0.15) is 47.4 Å². The van der Waals surface area contributed by atoms with Gasteiger partial charge >= 0.3 is 29.6 Å². The van der Waals surface area contributed by atoms with E-state index in [0.29, 0.717) is 36.4 Å². The van der Waals surface area contributed by atoms with Gasteiger partial charge in [-0.3, -0.25) is 14.3 Å². The van der Waals surface area contributed by atoms with Crippen LogP contribution in [-0.2, 0) is 31.6 Å². The Balaban J connectivity index is 0.00000160. The van der Waals surface area contributed by atoms with Crippen molar-refractivity contribution in [3.8, 4) is 0 Å². The SMILES string of the molecule is CCn1[nH]cc(C(=O)c2cc(C)c3c(c2C)C2(CCS3(=O)=O)OCCO2)c1=O.[H-].[Na+]. The molecule has 1 fully saturated rings. The predicted octanol–water partition coefficient (Wildman–Crippen LogP) is -1.46. The summed E-state index contributed by atoms with van der Waals surface area (Å²) in [4.78, 5) is 25.7. The van der Waals surface area contributed by atoms with Gasteiger partial charge in [-0.2, -0.15) is 0 Å². The molecule has 1 aromatic heterocycles. The number of aryl methyl sites for hydroxylation is 2. The topological polar surface area (TPSA) is 107 Å². The van der Waals surface area contributed by atoms with E-state index in [1.165, 1.54) is 10.9 Å². The number of hydrogen-bond acceptors (Lipinski definition) is 6. The molecule has 2 aliphatic rings. The minimum Gasteiger partial charge on any atom is -1.00 e. The number of benzene rings is 1. The molecule has 0 radical (unpaired) electrons. The van der Waals surface area contributed by atoms with Gasteiger partial charge in [-0.25, -0.2) is 8.42 Å². The number of nitrogens with one attached hydrogen (secondary N) is 1. The standard InChI is InChI=1S/C19H22N2O6S.Na.H/c1-4-21-18(23)14(10-20-21)16(22)13-9-11(2)17-15(12(13)3)19(26-6-7-27-19)5-8-28(17,24)25;;/h9-10,20H,4-8H2,1-3H3;;/q;+1;-1. The number of hydrogen-bond donors (Lipinski definition) is 1. The van der Waals surface area contributed by atoms with E-state index in [4.69, 9.17) is 9.47 Å². The number of ketones is 1. The van der Waals surface area contributed by atoms with E-state index in [-0.39, 0.29) is 59.2 Å². The van der Waals surface area contributed by atoms with E-state index >= 15 is 0 Å². The average Bonchev–Trinajstić information content (AvgIpc) is 3.27. The van der Waals surface area contributed by atoms with E-state index in [2.05, 4.69) is 5.10 Å². The van der Waals surface area contributed by atoms with Crippen LogP contribution in [0, 0.1) is 13.8 Å². The summed E-state index contributed by atoms with van der Waals surface area (Å²) in [5.74, 6) is -1.69. The fraction of sp³-hybridized carbons (Fsp3) is 0.474. The van der Waals surface area contributed by atoms with Crippen LogP contribution >= 0.6 is 0 Å². The molecule has 152 valence electrons. The minimum absolute atomic E-state index is 0. The average molecular weight is 430 g/mol. The summed E-state index contributed by atoms with van der Waals surface area (Å²) in [7, 11) is -3.52. The maximum atomic E-state index is 13.2. The molecule has 4 rings (SSSR count). The van der Waals surface area contributed by atoms with Crippen molar-refractivity contribution in [2.45, 2.75) is 44.4 Å². The summed E-state index contributed by atoms with van der Waals surface area (Å²) in [5.41, 5.74) is 1.22. The van der Waals surface area contributed by atoms with Crippen LogP contribution in [-0.4, -0.2) is 42.9 Å². The number of carbonyl (C=O) groups is 1. The number of H-pyrrole nitrogens is 1. The molecule has 1 spiro atoms. The summed E-state index contributed by atoms with van der Waals surface area (Å²) < 4.78 is 38.6. The third kappa shape index (κ3) is 3.37. The van der Waals surface area contributed by atoms with Crippen molar-refractivity contribution in [1.29, 1.82) is 0 Å². The maximum absolute atomic E-state index is 13.2. The Kier molecular flexibility index (Phi) is 6.03. The number of sulfone groups is 1. The molecule has 0 bridgehead atoms. The summed E-state index contributed by atoms with van der Waals surface area (Å²) in [6.07, 6.45) is 1.56. The molecule has 0 saturated carbocycles. The van der Waals surface area contributed by atoms with E-state index in [9.17, 15) is 18.0 Å². The molecule has 3 heterocycles. The molecule has 2 aromatic rings. The van der Waals surface area contributed by atoms with Crippen LogP contribution < -0.4 is 35.1 Å². The van der Waals surface area contributed by atoms with Crippen molar-refractivity contribution in [2.24, 2.45) is 0 Å². The van der Waals surface area contributed by atoms with Gasteiger partial charge in [0.2, 0.25) is 0 Å². The Hall–Kier alpha value is -1.23. The molecule has 8 nitrogen and oxygen atoms in total. The number of fused-ring (bicyclic) bond motifs is 2. The maximum Gasteiger partial charge on any atom is 1.00 e. The van der Waals surface area contributed by atoms with E-state index < -0.39 is 27.0 Å². The van der Waals surface area contributed by atoms with Gasteiger partial charge in [0.15, 0.2) is 21.4 Å². The van der Waals surface area contributed by atoms with Crippen molar-refractivity contribution < 1.29 is 53.7 Å². The summed E-state index contributed by atoms with van der Waals surface area (Å²) >= 11 is 0. The molecular formula is C19H23N2NaO6S. The first-order valence-corrected chi connectivity index (χ1v) is 10.9. The number of aromatic nitrogens is 2. The molecule has 0 atom stereocenters. The van der Waals surface area contributed by atoms with Crippen LogP contribution in [0.5, 0.6) is 0 Å². The van der Waals surface area contributed by atoms with Gasteiger partial charge in [0, 0.05) is 30.3 Å². The smallest absolute Gasteiger partial charge is 1.00 e. The molecule has 0 amide bonds. The molecule has 29 heavy (non-hydrogen) atoms. The molecule has 1 saturated heterocycles. The second-order valence-corrected chi connectivity index (χ2v) is 9.20. The van der Waals surface area contributed by atoms with Gasteiger partial charge < -0.3 is 16.0 Å². The van der Waals surface area contributed by atoms with Crippen LogP contribution in [0.2, 0.25) is 0 Å². The number of carbonyl (C=O) groups excluding carboxylic acids is 1. The van der Waals surface area contributed by atoms with Gasteiger partial charge in [0.05, 0.1) is 23.9 Å². The molecule has 1 N–H and O–H groups in total. The third-order valence-corrected chi connectivity index (χ3v) is 7.41. The quantitative estimate of drug-likeness (QED) is 0.471. The molecule has 0 unspecified atom stereocenters. The molecule has 0 aliphatic carbocycles. The first-order valence-electron chi connectivity index (χ1n) is 9.20. The Morgan fingerprint density at radius 3 is 2.52 bits per heavy atom. The monoisotopic (exact) mass is 430 g/mol. The Morgan fingerprint density at radius 1 is 1.28 bits per heavy atom. The molecule has 1 aromatic carbocycles. The number of ether oxygens (including phenoxy) is 2. The van der Waals surface area contributed by atoms with Crippen LogP contribution in [0.3, 0.4) is 0 Å². The number of nitrogens with zero attached hydrogens (tertiary/aromatic N) is 1. The fourth-order valence-electron chi connectivity index (χ4n) is 4.18. The zero-order chi connectivity index (χ0) is 20.3. The Labute approximate surface area is 192 Å². The number of aromatic amines is 1. The van der Waals surface area contributed by atoms with Crippen LogP contribution in [0.15, 0.2) is 22.0 Å². The summed E-state index contributed by atoms with van der Waals surface area (Å²) in [6.45, 7) is 6.26. The summed E-state index contributed by atoms with van der Waals surface area (Å²) in [5, 5.41) is 2.77. The third-order valence-electron chi connectivity index (χ3n) is 5.52. The largest absolute Gasteiger partial charge is 1.00 e. The zero-order valence-electron chi connectivity index (χ0n) is 18.0. The van der Waals surface area contributed by atoms with E-state index in [1.807, 2.05) is 0 Å². The van der Waals surface area contributed by atoms with Crippen molar-refractivity contribution in [3.05, 3.63) is 50.4 Å². The van der Waals surface area contributed by atoms with Crippen LogP contribution in [0.25, 0.3) is 0 Å².